The predicted molar refractivity (Wildman–Crippen MR) is 48.4 cm³/mol. The van der Waals surface area contributed by atoms with Gasteiger partial charge in [-0.1, -0.05) is 12.1 Å². The second kappa shape index (κ2) is 2.74. The number of amides is 1. The van der Waals surface area contributed by atoms with Crippen LogP contribution in [0.15, 0.2) is 24.3 Å². The molecule has 1 atom stereocenters. The van der Waals surface area contributed by atoms with E-state index in [0.29, 0.717) is 12.2 Å². The number of nitrogens with two attached hydrogens (primary N) is 1. The molecule has 0 radical (unpaired) electrons. The van der Waals surface area contributed by atoms with Crippen molar-refractivity contribution in [3.63, 3.8) is 0 Å². The fourth-order valence-electron chi connectivity index (χ4n) is 1.36. The number of benzene rings is 1. The molecule has 1 heterocycles. The van der Waals surface area contributed by atoms with E-state index in [-0.39, 0.29) is 11.7 Å². The monoisotopic (exact) mass is 178 g/mol. The first kappa shape index (κ1) is 8.07. The van der Waals surface area contributed by atoms with Gasteiger partial charge in [0.15, 0.2) is 0 Å². The minimum absolute atomic E-state index is 0.114. The van der Waals surface area contributed by atoms with Crippen molar-refractivity contribution in [3.8, 4) is 5.75 Å². The highest BCUT2D eigenvalue weighted by Gasteiger charge is 2.35. The van der Waals surface area contributed by atoms with Crippen molar-refractivity contribution in [2.45, 2.75) is 6.04 Å². The maximum atomic E-state index is 11.2. The van der Waals surface area contributed by atoms with E-state index >= 15 is 0 Å². The Bertz CT molecular complexity index is 351. The summed E-state index contributed by atoms with van der Waals surface area (Å²) in [4.78, 5) is 12.7. The van der Waals surface area contributed by atoms with Gasteiger partial charge in [-0.3, -0.25) is 4.79 Å². The molecular weight excluding hydrogens is 168 g/mol. The molecule has 0 aromatic heterocycles. The van der Waals surface area contributed by atoms with Crippen molar-refractivity contribution in [3.05, 3.63) is 24.3 Å². The fraction of sp³-hybridized carbons (Fsp3) is 0.222. The first-order valence-corrected chi connectivity index (χ1v) is 4.05. The minimum atomic E-state index is -0.403. The number of anilines is 1. The number of phenolic OH excluding ortho intramolecular Hbond substituents is 1. The first-order chi connectivity index (χ1) is 6.20. The second-order valence-electron chi connectivity index (χ2n) is 3.04. The Kier molecular flexibility index (Phi) is 1.70. The quantitative estimate of drug-likeness (QED) is 0.598. The van der Waals surface area contributed by atoms with E-state index in [1.807, 2.05) is 0 Å². The summed E-state index contributed by atoms with van der Waals surface area (Å²) in [6.07, 6.45) is 0. The van der Waals surface area contributed by atoms with Crippen molar-refractivity contribution < 1.29 is 9.90 Å². The number of hydrogen-bond acceptors (Lipinski definition) is 3. The molecule has 68 valence electrons. The predicted octanol–water partition coefficient (Wildman–Crippen LogP) is 0.0661. The fourth-order valence-corrected chi connectivity index (χ4v) is 1.36. The highest BCUT2D eigenvalue weighted by atomic mass is 16.3. The van der Waals surface area contributed by atoms with Crippen LogP contribution in [-0.2, 0) is 4.79 Å². The topological polar surface area (TPSA) is 66.6 Å². The molecule has 13 heavy (non-hydrogen) atoms. The van der Waals surface area contributed by atoms with Gasteiger partial charge in [-0.15, -0.1) is 0 Å². The normalized spacial score (nSPS) is 21.5. The van der Waals surface area contributed by atoms with Gasteiger partial charge in [-0.2, -0.15) is 0 Å². The number of carbonyl (C=O) groups excluding carboxylic acids is 1. The zero-order chi connectivity index (χ0) is 9.42. The summed E-state index contributed by atoms with van der Waals surface area (Å²) < 4.78 is 0. The van der Waals surface area contributed by atoms with Crippen molar-refractivity contribution in [2.75, 3.05) is 11.4 Å². The largest absolute Gasteiger partial charge is 0.506 e. The van der Waals surface area contributed by atoms with Crippen LogP contribution in [0.25, 0.3) is 0 Å². The van der Waals surface area contributed by atoms with E-state index in [2.05, 4.69) is 0 Å². The lowest BCUT2D eigenvalue weighted by Gasteiger charge is -2.36. The van der Waals surface area contributed by atoms with Crippen molar-refractivity contribution >= 4 is 11.6 Å². The Labute approximate surface area is 75.6 Å². The molecule has 4 heteroatoms. The molecule has 1 aliphatic heterocycles. The highest BCUT2D eigenvalue weighted by molar-refractivity contribution is 6.04. The lowest BCUT2D eigenvalue weighted by Crippen LogP contribution is -2.61. The average molecular weight is 178 g/mol. The highest BCUT2D eigenvalue weighted by Crippen LogP contribution is 2.29. The molecule has 0 spiro atoms. The molecule has 0 bridgehead atoms. The van der Waals surface area contributed by atoms with Crippen molar-refractivity contribution in [1.29, 1.82) is 0 Å². The molecular formula is C9H10N2O2. The van der Waals surface area contributed by atoms with E-state index in [9.17, 15) is 9.90 Å². The summed E-state index contributed by atoms with van der Waals surface area (Å²) in [7, 11) is 0. The molecule has 1 fully saturated rings. The third kappa shape index (κ3) is 1.15. The number of carbonyl (C=O) groups is 1. The Balaban J connectivity index is 2.28. The third-order valence-corrected chi connectivity index (χ3v) is 2.14. The zero-order valence-corrected chi connectivity index (χ0v) is 6.97. The van der Waals surface area contributed by atoms with Gasteiger partial charge in [-0.05, 0) is 12.1 Å². The second-order valence-corrected chi connectivity index (χ2v) is 3.04. The molecule has 1 aromatic rings. The summed E-state index contributed by atoms with van der Waals surface area (Å²) >= 11 is 0. The molecule has 0 aliphatic carbocycles. The van der Waals surface area contributed by atoms with E-state index in [0.717, 1.165) is 0 Å². The van der Waals surface area contributed by atoms with Crippen LogP contribution in [0.1, 0.15) is 0 Å². The molecule has 3 N–H and O–H groups in total. The van der Waals surface area contributed by atoms with Crippen molar-refractivity contribution in [2.24, 2.45) is 5.73 Å². The van der Waals surface area contributed by atoms with E-state index in [1.165, 1.54) is 4.90 Å². The van der Waals surface area contributed by atoms with E-state index in [1.54, 1.807) is 24.3 Å². The Morgan fingerprint density at radius 1 is 1.46 bits per heavy atom. The Hall–Kier alpha value is -1.55. The summed E-state index contributed by atoms with van der Waals surface area (Å²) in [6, 6.07) is 6.32. The summed E-state index contributed by atoms with van der Waals surface area (Å²) in [5.41, 5.74) is 5.96. The van der Waals surface area contributed by atoms with Gasteiger partial charge in [0.2, 0.25) is 5.91 Å². The summed E-state index contributed by atoms with van der Waals surface area (Å²) in [5, 5.41) is 9.42. The van der Waals surface area contributed by atoms with Crippen LogP contribution in [0.5, 0.6) is 5.75 Å². The van der Waals surface area contributed by atoms with Gasteiger partial charge in [0, 0.05) is 0 Å². The lowest BCUT2D eigenvalue weighted by molar-refractivity contribution is -0.123. The van der Waals surface area contributed by atoms with Crippen LogP contribution in [0, 0.1) is 0 Å². The maximum Gasteiger partial charge on any atom is 0.245 e. The zero-order valence-electron chi connectivity index (χ0n) is 6.97. The molecule has 1 aromatic carbocycles. The van der Waals surface area contributed by atoms with E-state index in [4.69, 9.17) is 5.73 Å². The van der Waals surface area contributed by atoms with Crippen LogP contribution in [-0.4, -0.2) is 23.6 Å². The number of aromatic hydroxyl groups is 1. The minimum Gasteiger partial charge on any atom is -0.506 e. The van der Waals surface area contributed by atoms with Gasteiger partial charge in [0.25, 0.3) is 0 Å². The molecule has 0 unspecified atom stereocenters. The summed E-state index contributed by atoms with van der Waals surface area (Å²) in [6.45, 7) is 0.483. The number of phenols is 1. The number of β-lactam (4-membered cyclic amide) rings is 1. The van der Waals surface area contributed by atoms with Crippen LogP contribution in [0.3, 0.4) is 0 Å². The van der Waals surface area contributed by atoms with Crippen LogP contribution in [0.4, 0.5) is 5.69 Å². The average Bonchev–Trinajstić information content (AvgIpc) is 2.15. The molecule has 4 nitrogen and oxygen atoms in total. The smallest absolute Gasteiger partial charge is 0.245 e. The maximum absolute atomic E-state index is 11.2. The van der Waals surface area contributed by atoms with Gasteiger partial charge < -0.3 is 15.7 Å². The standard InChI is InChI=1S/C9H10N2O2/c10-6-5-11(9(6)13)7-3-1-2-4-8(7)12/h1-4,6,12H,5,10H2/t6-/m0/s1. The van der Waals surface area contributed by atoms with Crippen molar-refractivity contribution in [1.82, 2.24) is 0 Å². The lowest BCUT2D eigenvalue weighted by atomic mass is 10.1. The molecule has 0 saturated carbocycles. The number of nitrogens with zero attached hydrogens (tertiary/aromatic N) is 1. The van der Waals surface area contributed by atoms with Crippen LogP contribution in [0.2, 0.25) is 0 Å². The van der Waals surface area contributed by atoms with Crippen LogP contribution < -0.4 is 10.6 Å². The third-order valence-electron chi connectivity index (χ3n) is 2.14. The van der Waals surface area contributed by atoms with Gasteiger partial charge >= 0.3 is 0 Å². The molecule has 1 amide bonds. The SMILES string of the molecule is N[C@H]1CN(c2ccccc2O)C1=O. The van der Waals surface area contributed by atoms with Gasteiger partial charge in [0.05, 0.1) is 12.2 Å². The number of hydrogen-bond donors (Lipinski definition) is 2. The Morgan fingerprint density at radius 3 is 2.69 bits per heavy atom. The van der Waals surface area contributed by atoms with Crippen LogP contribution >= 0.6 is 0 Å². The summed E-state index contributed by atoms with van der Waals surface area (Å²) in [5.74, 6) is -0.0238. The number of para-hydroxylation sites is 2. The first-order valence-electron chi connectivity index (χ1n) is 4.05. The molecule has 1 aliphatic rings. The Morgan fingerprint density at radius 2 is 2.15 bits per heavy atom. The molecule has 2 rings (SSSR count). The van der Waals surface area contributed by atoms with Gasteiger partial charge in [0.1, 0.15) is 11.8 Å². The van der Waals surface area contributed by atoms with E-state index < -0.39 is 6.04 Å². The molecule has 1 saturated heterocycles. The number of rotatable bonds is 1. The van der Waals surface area contributed by atoms with Gasteiger partial charge in [-0.25, -0.2) is 0 Å².